The highest BCUT2D eigenvalue weighted by molar-refractivity contribution is 7.80. The molecule has 0 radical (unpaired) electrons. The number of benzene rings is 2. The number of hydrazone groups is 1. The van der Waals surface area contributed by atoms with E-state index in [4.69, 9.17) is 12.2 Å². The van der Waals surface area contributed by atoms with Crippen LogP contribution in [0.25, 0.3) is 0 Å². The van der Waals surface area contributed by atoms with Gasteiger partial charge in [0.1, 0.15) is 0 Å². The molecule has 0 aromatic heterocycles. The van der Waals surface area contributed by atoms with E-state index in [0.29, 0.717) is 5.71 Å². The van der Waals surface area contributed by atoms with Gasteiger partial charge >= 0.3 is 0 Å². The molecule has 0 aliphatic rings. The van der Waals surface area contributed by atoms with Gasteiger partial charge in [-0.25, -0.2) is 0 Å². The predicted molar refractivity (Wildman–Crippen MR) is 94.2 cm³/mol. The summed E-state index contributed by atoms with van der Waals surface area (Å²) in [5.41, 5.74) is 5.31. The first kappa shape index (κ1) is 16.6. The van der Waals surface area contributed by atoms with Gasteiger partial charge in [-0.2, -0.15) is 5.10 Å². The maximum absolute atomic E-state index is 9.81. The molecule has 0 atom stereocenters. The van der Waals surface area contributed by atoms with Crippen LogP contribution in [0.3, 0.4) is 0 Å². The largest absolute Gasteiger partial charge is 0.504 e. The summed E-state index contributed by atoms with van der Waals surface area (Å²) < 4.78 is 0. The zero-order chi connectivity index (χ0) is 17.0. The highest BCUT2D eigenvalue weighted by Gasteiger charge is 2.13. The number of nitrogens with zero attached hydrogens (tertiary/aromatic N) is 1. The number of nitrogens with one attached hydrogen (secondary N) is 2. The van der Waals surface area contributed by atoms with Gasteiger partial charge in [0, 0.05) is 11.3 Å². The molecule has 23 heavy (non-hydrogen) atoms. The average Bonchev–Trinajstić information content (AvgIpc) is 2.53. The van der Waals surface area contributed by atoms with Crippen molar-refractivity contribution in [2.75, 3.05) is 5.32 Å². The zero-order valence-electron chi connectivity index (χ0n) is 12.7. The van der Waals surface area contributed by atoms with Crippen LogP contribution in [0.5, 0.6) is 17.2 Å². The minimum Gasteiger partial charge on any atom is -0.504 e. The van der Waals surface area contributed by atoms with Gasteiger partial charge in [-0.3, -0.25) is 5.43 Å². The molecule has 0 heterocycles. The average molecular weight is 331 g/mol. The van der Waals surface area contributed by atoms with Gasteiger partial charge in [0.25, 0.3) is 0 Å². The summed E-state index contributed by atoms with van der Waals surface area (Å²) in [4.78, 5) is 0. The summed E-state index contributed by atoms with van der Waals surface area (Å²) in [5.74, 6) is -1.42. The molecule has 0 fully saturated rings. The molecule has 0 saturated carbocycles. The standard InChI is InChI=1S/C16H17N3O3S/c1-9-3-5-11(6-4-9)17-16(23)19-18-10(2)12-7-8-13(20)15(22)14(12)21/h3-8,20-22H,1-2H3,(H2,17,19,23)/b18-10-. The smallest absolute Gasteiger partial charge is 0.200 e. The minimum absolute atomic E-state index is 0.283. The Morgan fingerprint density at radius 3 is 2.30 bits per heavy atom. The van der Waals surface area contributed by atoms with Gasteiger partial charge < -0.3 is 20.6 Å². The fraction of sp³-hybridized carbons (Fsp3) is 0.125. The third-order valence-electron chi connectivity index (χ3n) is 3.15. The second-order valence-corrected chi connectivity index (χ2v) is 5.37. The van der Waals surface area contributed by atoms with Gasteiger partial charge in [0.15, 0.2) is 16.6 Å². The zero-order valence-corrected chi connectivity index (χ0v) is 13.5. The van der Waals surface area contributed by atoms with Crippen molar-refractivity contribution in [1.29, 1.82) is 0 Å². The number of hydrogen-bond acceptors (Lipinski definition) is 5. The topological polar surface area (TPSA) is 97.1 Å². The van der Waals surface area contributed by atoms with Gasteiger partial charge in [-0.05, 0) is 50.3 Å². The molecule has 0 unspecified atom stereocenters. The summed E-state index contributed by atoms with van der Waals surface area (Å²) in [6.07, 6.45) is 0. The van der Waals surface area contributed by atoms with E-state index in [1.807, 2.05) is 31.2 Å². The van der Waals surface area contributed by atoms with E-state index in [1.54, 1.807) is 6.92 Å². The Hall–Kier alpha value is -2.80. The fourth-order valence-corrected chi connectivity index (χ4v) is 2.02. The minimum atomic E-state index is -0.586. The Kier molecular flexibility index (Phi) is 5.02. The van der Waals surface area contributed by atoms with E-state index in [2.05, 4.69) is 15.8 Å². The van der Waals surface area contributed by atoms with Crippen molar-refractivity contribution in [2.45, 2.75) is 13.8 Å². The van der Waals surface area contributed by atoms with Crippen molar-refractivity contribution in [2.24, 2.45) is 5.10 Å². The molecule has 7 heteroatoms. The number of thiocarbonyl (C=S) groups is 1. The summed E-state index contributed by atoms with van der Waals surface area (Å²) in [6, 6.07) is 10.4. The van der Waals surface area contributed by atoms with E-state index in [0.717, 1.165) is 11.3 Å². The second-order valence-electron chi connectivity index (χ2n) is 4.96. The molecule has 0 aliphatic heterocycles. The highest BCUT2D eigenvalue weighted by atomic mass is 32.1. The van der Waals surface area contributed by atoms with Crippen molar-refractivity contribution in [3.8, 4) is 17.2 Å². The highest BCUT2D eigenvalue weighted by Crippen LogP contribution is 2.37. The van der Waals surface area contributed by atoms with E-state index >= 15 is 0 Å². The third-order valence-corrected chi connectivity index (χ3v) is 3.35. The van der Waals surface area contributed by atoms with Crippen molar-refractivity contribution in [3.63, 3.8) is 0 Å². The quantitative estimate of drug-likeness (QED) is 0.257. The number of hydrogen-bond donors (Lipinski definition) is 5. The Morgan fingerprint density at radius 1 is 1.00 bits per heavy atom. The molecule has 2 rings (SSSR count). The maximum Gasteiger partial charge on any atom is 0.200 e. The van der Waals surface area contributed by atoms with Gasteiger partial charge in [0.2, 0.25) is 5.75 Å². The van der Waals surface area contributed by atoms with Crippen LogP contribution in [-0.2, 0) is 0 Å². The van der Waals surface area contributed by atoms with E-state index in [9.17, 15) is 15.3 Å². The SMILES string of the molecule is C/C(=N/NC(=S)Nc1ccc(C)cc1)c1ccc(O)c(O)c1O. The predicted octanol–water partition coefficient (Wildman–Crippen LogP) is 2.82. The first-order valence-electron chi connectivity index (χ1n) is 6.80. The van der Waals surface area contributed by atoms with Crippen LogP contribution in [-0.4, -0.2) is 26.1 Å². The number of aryl methyl sites for hydroxylation is 1. The first-order chi connectivity index (χ1) is 10.9. The molecule has 2 aromatic carbocycles. The number of phenolic OH excluding ortho intramolecular Hbond substituents is 3. The van der Waals surface area contributed by atoms with Crippen LogP contribution >= 0.6 is 12.2 Å². The van der Waals surface area contributed by atoms with Crippen molar-refractivity contribution in [3.05, 3.63) is 47.5 Å². The van der Waals surface area contributed by atoms with E-state index in [1.165, 1.54) is 12.1 Å². The summed E-state index contributed by atoms with van der Waals surface area (Å²) >= 11 is 5.14. The van der Waals surface area contributed by atoms with Crippen LogP contribution in [0, 0.1) is 6.92 Å². The normalized spacial score (nSPS) is 11.1. The monoisotopic (exact) mass is 331 g/mol. The molecule has 0 spiro atoms. The third kappa shape index (κ3) is 4.10. The van der Waals surface area contributed by atoms with Crippen LogP contribution < -0.4 is 10.7 Å². The molecule has 0 saturated heterocycles. The van der Waals surface area contributed by atoms with Gasteiger partial charge in [0.05, 0.1) is 5.71 Å². The number of rotatable bonds is 3. The van der Waals surface area contributed by atoms with Crippen LogP contribution in [0.2, 0.25) is 0 Å². The van der Waals surface area contributed by atoms with Crippen molar-refractivity contribution >= 4 is 28.7 Å². The molecule has 120 valence electrons. The van der Waals surface area contributed by atoms with Crippen LogP contribution in [0.1, 0.15) is 18.1 Å². The molecule has 2 aromatic rings. The number of phenols is 3. The Morgan fingerprint density at radius 2 is 1.65 bits per heavy atom. The van der Waals surface area contributed by atoms with Gasteiger partial charge in [-0.1, -0.05) is 17.7 Å². The van der Waals surface area contributed by atoms with Crippen molar-refractivity contribution in [1.82, 2.24) is 5.43 Å². The lowest BCUT2D eigenvalue weighted by Gasteiger charge is -2.10. The lowest BCUT2D eigenvalue weighted by molar-refractivity contribution is 0.367. The number of anilines is 1. The second kappa shape index (κ2) is 6.97. The van der Waals surface area contributed by atoms with E-state index < -0.39 is 17.2 Å². The fourth-order valence-electron chi connectivity index (χ4n) is 1.85. The molecule has 5 N–H and O–H groups in total. The molecular formula is C16H17N3O3S. The van der Waals surface area contributed by atoms with Crippen LogP contribution in [0.15, 0.2) is 41.5 Å². The summed E-state index contributed by atoms with van der Waals surface area (Å²) in [5, 5.41) is 35.9. The Labute approximate surface area is 139 Å². The van der Waals surface area contributed by atoms with Gasteiger partial charge in [-0.15, -0.1) is 0 Å². The van der Waals surface area contributed by atoms with Crippen molar-refractivity contribution < 1.29 is 15.3 Å². The Balaban J connectivity index is 2.06. The maximum atomic E-state index is 9.81. The Bertz CT molecular complexity index is 758. The molecular weight excluding hydrogens is 314 g/mol. The summed E-state index contributed by atoms with van der Waals surface area (Å²) in [7, 11) is 0. The number of aromatic hydroxyl groups is 3. The lowest BCUT2D eigenvalue weighted by Crippen LogP contribution is -2.24. The summed E-state index contributed by atoms with van der Waals surface area (Å²) in [6.45, 7) is 3.63. The molecule has 0 aliphatic carbocycles. The molecule has 6 nitrogen and oxygen atoms in total. The van der Waals surface area contributed by atoms with Crippen LogP contribution in [0.4, 0.5) is 5.69 Å². The lowest BCUT2D eigenvalue weighted by atomic mass is 10.1. The first-order valence-corrected chi connectivity index (χ1v) is 7.21. The molecule has 0 bridgehead atoms. The molecule has 0 amide bonds. The van der Waals surface area contributed by atoms with E-state index in [-0.39, 0.29) is 10.7 Å².